The zero-order valence-electron chi connectivity index (χ0n) is 14.6. The quantitative estimate of drug-likeness (QED) is 0.657. The van der Waals surface area contributed by atoms with Crippen LogP contribution in [0.5, 0.6) is 0 Å². The van der Waals surface area contributed by atoms with Crippen molar-refractivity contribution in [3.05, 3.63) is 54.4 Å². The summed E-state index contributed by atoms with van der Waals surface area (Å²) in [4.78, 5) is 10.0. The average Bonchev–Trinajstić information content (AvgIpc) is 3.18. The Balaban J connectivity index is 1.54. The largest absolute Gasteiger partial charge is 0.443 e. The van der Waals surface area contributed by atoms with Gasteiger partial charge in [0.1, 0.15) is 23.3 Å². The summed E-state index contributed by atoms with van der Waals surface area (Å²) in [5, 5.41) is 0. The normalized spacial score (nSPS) is 15.8. The first kappa shape index (κ1) is 18.7. The molecule has 0 saturated carbocycles. The van der Waals surface area contributed by atoms with E-state index in [1.165, 1.54) is 18.4 Å². The smallest absolute Gasteiger partial charge is 0.433 e. The lowest BCUT2D eigenvalue weighted by Gasteiger charge is -2.28. The highest BCUT2D eigenvalue weighted by Gasteiger charge is 2.32. The molecule has 2 aromatic heterocycles. The van der Waals surface area contributed by atoms with Gasteiger partial charge in [-0.05, 0) is 24.3 Å². The second-order valence-corrected chi connectivity index (χ2v) is 8.02. The van der Waals surface area contributed by atoms with Gasteiger partial charge < -0.3 is 9.32 Å². The third-order valence-corrected chi connectivity index (χ3v) is 5.74. The highest BCUT2D eigenvalue weighted by molar-refractivity contribution is 7.85. The number of oxazole rings is 1. The molecule has 28 heavy (non-hydrogen) atoms. The van der Waals surface area contributed by atoms with Crippen LogP contribution in [0.1, 0.15) is 5.69 Å². The standard InChI is InChI=1S/C19H16F3N3O2S/c20-19(21,22)17-3-1-2-15(23-17)18-24-16(12-27-18)13-4-6-14(7-5-13)25-8-10-28(26)11-9-25/h1-7,12H,8-11H2. The lowest BCUT2D eigenvalue weighted by molar-refractivity contribution is -0.141. The first-order valence-electron chi connectivity index (χ1n) is 8.61. The fraction of sp³-hybridized carbons (Fsp3) is 0.263. The molecule has 5 nitrogen and oxygen atoms in total. The van der Waals surface area contributed by atoms with Gasteiger partial charge in [-0.2, -0.15) is 13.2 Å². The molecule has 0 N–H and O–H groups in total. The van der Waals surface area contributed by atoms with Crippen LogP contribution in [0.25, 0.3) is 22.8 Å². The average molecular weight is 407 g/mol. The minimum Gasteiger partial charge on any atom is -0.443 e. The van der Waals surface area contributed by atoms with Crippen molar-refractivity contribution in [1.29, 1.82) is 0 Å². The summed E-state index contributed by atoms with van der Waals surface area (Å²) < 4.78 is 55.3. The molecule has 3 aromatic rings. The van der Waals surface area contributed by atoms with Crippen LogP contribution in [-0.4, -0.2) is 38.8 Å². The van der Waals surface area contributed by atoms with Crippen LogP contribution < -0.4 is 4.90 Å². The van der Waals surface area contributed by atoms with Crippen molar-refractivity contribution in [1.82, 2.24) is 9.97 Å². The number of anilines is 1. The fourth-order valence-electron chi connectivity index (χ4n) is 2.97. The molecular weight excluding hydrogens is 391 g/mol. The Kier molecular flexibility index (Phi) is 4.92. The Labute approximate surface area is 161 Å². The maximum atomic E-state index is 12.8. The van der Waals surface area contributed by atoms with Crippen LogP contribution in [0.2, 0.25) is 0 Å². The monoisotopic (exact) mass is 407 g/mol. The molecule has 0 amide bonds. The summed E-state index contributed by atoms with van der Waals surface area (Å²) in [6, 6.07) is 11.2. The second-order valence-electron chi connectivity index (χ2n) is 6.33. The van der Waals surface area contributed by atoms with Crippen LogP contribution in [0.15, 0.2) is 53.1 Å². The van der Waals surface area contributed by atoms with Crippen LogP contribution in [0, 0.1) is 0 Å². The zero-order valence-corrected chi connectivity index (χ0v) is 15.5. The lowest BCUT2D eigenvalue weighted by atomic mass is 10.1. The highest BCUT2D eigenvalue weighted by atomic mass is 32.2. The molecule has 1 aliphatic rings. The molecule has 1 aliphatic heterocycles. The number of hydrogen-bond acceptors (Lipinski definition) is 5. The molecule has 0 radical (unpaired) electrons. The van der Waals surface area contributed by atoms with E-state index in [2.05, 4.69) is 14.9 Å². The number of aromatic nitrogens is 2. The first-order valence-corrected chi connectivity index (χ1v) is 10.1. The van der Waals surface area contributed by atoms with E-state index in [0.29, 0.717) is 17.2 Å². The van der Waals surface area contributed by atoms with Crippen molar-refractivity contribution in [2.24, 2.45) is 0 Å². The van der Waals surface area contributed by atoms with Gasteiger partial charge in [0.05, 0.1) is 0 Å². The molecule has 0 unspecified atom stereocenters. The summed E-state index contributed by atoms with van der Waals surface area (Å²) in [6.45, 7) is 1.50. The van der Waals surface area contributed by atoms with Crippen molar-refractivity contribution in [2.75, 3.05) is 29.5 Å². The summed E-state index contributed by atoms with van der Waals surface area (Å²) in [7, 11) is -0.732. The molecule has 0 atom stereocenters. The molecule has 146 valence electrons. The van der Waals surface area contributed by atoms with Gasteiger partial charge in [-0.1, -0.05) is 18.2 Å². The number of pyridine rings is 1. The highest BCUT2D eigenvalue weighted by Crippen LogP contribution is 2.30. The first-order chi connectivity index (χ1) is 13.4. The molecule has 4 rings (SSSR count). The molecule has 9 heteroatoms. The predicted molar refractivity (Wildman–Crippen MR) is 100 cm³/mol. The summed E-state index contributed by atoms with van der Waals surface area (Å²) >= 11 is 0. The Bertz CT molecular complexity index is 992. The van der Waals surface area contributed by atoms with Crippen molar-refractivity contribution < 1.29 is 21.8 Å². The number of nitrogens with zero attached hydrogens (tertiary/aromatic N) is 3. The van der Waals surface area contributed by atoms with E-state index in [4.69, 9.17) is 4.42 Å². The van der Waals surface area contributed by atoms with Gasteiger partial charge in [0.25, 0.3) is 0 Å². The van der Waals surface area contributed by atoms with E-state index in [-0.39, 0.29) is 11.6 Å². The van der Waals surface area contributed by atoms with Crippen molar-refractivity contribution in [3.8, 4) is 22.8 Å². The molecular formula is C19H16F3N3O2S. The topological polar surface area (TPSA) is 59.2 Å². The molecule has 1 aromatic carbocycles. The maximum Gasteiger partial charge on any atom is 0.433 e. The summed E-state index contributed by atoms with van der Waals surface area (Å²) in [6.07, 6.45) is -3.13. The van der Waals surface area contributed by atoms with Crippen LogP contribution in [0.3, 0.4) is 0 Å². The Morgan fingerprint density at radius 3 is 2.36 bits per heavy atom. The number of rotatable bonds is 3. The number of benzene rings is 1. The van der Waals surface area contributed by atoms with E-state index in [1.807, 2.05) is 24.3 Å². The van der Waals surface area contributed by atoms with Crippen molar-refractivity contribution in [2.45, 2.75) is 6.18 Å². The van der Waals surface area contributed by atoms with Crippen molar-refractivity contribution in [3.63, 3.8) is 0 Å². The molecule has 1 saturated heterocycles. The van der Waals surface area contributed by atoms with Crippen LogP contribution >= 0.6 is 0 Å². The SMILES string of the molecule is O=S1CCN(c2ccc(-c3coc(-c4cccc(C(F)(F)F)n4)n3)cc2)CC1. The van der Waals surface area contributed by atoms with Gasteiger partial charge in [-0.25, -0.2) is 9.97 Å². The van der Waals surface area contributed by atoms with Gasteiger partial charge in [-0.3, -0.25) is 4.21 Å². The molecule has 3 heterocycles. The van der Waals surface area contributed by atoms with Gasteiger partial charge >= 0.3 is 6.18 Å². The molecule has 1 fully saturated rings. The number of hydrogen-bond donors (Lipinski definition) is 0. The van der Waals surface area contributed by atoms with Gasteiger partial charge in [0, 0.05) is 46.6 Å². The lowest BCUT2D eigenvalue weighted by Crippen LogP contribution is -2.37. The van der Waals surface area contributed by atoms with Gasteiger partial charge in [0.2, 0.25) is 5.89 Å². The Morgan fingerprint density at radius 2 is 1.68 bits per heavy atom. The summed E-state index contributed by atoms with van der Waals surface area (Å²) in [5.41, 5.74) is 1.37. The minimum absolute atomic E-state index is 0.0269. The van der Waals surface area contributed by atoms with E-state index >= 15 is 0 Å². The predicted octanol–water partition coefficient (Wildman–Crippen LogP) is 3.99. The fourth-order valence-corrected chi connectivity index (χ4v) is 4.03. The zero-order chi connectivity index (χ0) is 19.7. The van der Waals surface area contributed by atoms with Crippen LogP contribution in [0.4, 0.5) is 18.9 Å². The molecule has 0 aliphatic carbocycles. The Morgan fingerprint density at radius 1 is 0.964 bits per heavy atom. The summed E-state index contributed by atoms with van der Waals surface area (Å²) in [5.74, 6) is 1.36. The van der Waals surface area contributed by atoms with Gasteiger partial charge in [0.15, 0.2) is 0 Å². The molecule has 0 spiro atoms. The maximum absolute atomic E-state index is 12.8. The van der Waals surface area contributed by atoms with E-state index in [9.17, 15) is 17.4 Å². The van der Waals surface area contributed by atoms with Crippen molar-refractivity contribution >= 4 is 16.5 Å². The third-order valence-electron chi connectivity index (χ3n) is 4.47. The minimum atomic E-state index is -4.53. The Hall–Kier alpha value is -2.68. The van der Waals surface area contributed by atoms with E-state index in [1.54, 1.807) is 0 Å². The molecule has 0 bridgehead atoms. The number of alkyl halides is 3. The third kappa shape index (κ3) is 3.94. The van der Waals surface area contributed by atoms with E-state index < -0.39 is 22.7 Å². The van der Waals surface area contributed by atoms with Gasteiger partial charge in [-0.15, -0.1) is 0 Å². The van der Waals surface area contributed by atoms with E-state index in [0.717, 1.165) is 30.4 Å². The number of halogens is 3. The second kappa shape index (κ2) is 7.38. The van der Waals surface area contributed by atoms with Crippen LogP contribution in [-0.2, 0) is 17.0 Å².